The van der Waals surface area contributed by atoms with E-state index in [-0.39, 0.29) is 10.8 Å². The van der Waals surface area contributed by atoms with Crippen LogP contribution in [0.15, 0.2) is 23.1 Å². The zero-order valence-electron chi connectivity index (χ0n) is 19.1. The van der Waals surface area contributed by atoms with E-state index in [0.29, 0.717) is 37.4 Å². The molecule has 1 amide bonds. The number of anilines is 1. The van der Waals surface area contributed by atoms with E-state index in [2.05, 4.69) is 33.0 Å². The van der Waals surface area contributed by atoms with Crippen LogP contribution in [-0.4, -0.2) is 63.4 Å². The van der Waals surface area contributed by atoms with Crippen molar-refractivity contribution in [2.24, 2.45) is 0 Å². The van der Waals surface area contributed by atoms with Crippen LogP contribution < -0.4 is 15.5 Å². The Morgan fingerprint density at radius 1 is 1.14 bits per heavy atom. The number of carbonyl (C=O) groups excluding carboxylic acids is 1. The first-order valence-corrected chi connectivity index (χ1v) is 12.1. The maximum absolute atomic E-state index is 12.7. The largest absolute Gasteiger partial charge is 0.334 e. The second-order valence-corrected chi connectivity index (χ2v) is 9.97. The van der Waals surface area contributed by atoms with E-state index in [0.717, 1.165) is 18.7 Å². The van der Waals surface area contributed by atoms with Crippen LogP contribution in [0, 0.1) is 6.92 Å². The first kappa shape index (κ1) is 25.6. The number of hydrogen-bond donors (Lipinski definition) is 3. The molecule has 0 aliphatic carbocycles. The van der Waals surface area contributed by atoms with E-state index in [1.54, 1.807) is 18.2 Å². The number of carbonyl (C=O) groups is 1. The average Bonchev–Trinajstić information content (AvgIpc) is 2.63. The number of benzene rings is 1. The summed E-state index contributed by atoms with van der Waals surface area (Å²) in [5.74, 6) is -0.124. The molecule has 0 heterocycles. The number of aryl methyl sites for hydroxylation is 1. The van der Waals surface area contributed by atoms with Gasteiger partial charge in [0.2, 0.25) is 10.0 Å². The van der Waals surface area contributed by atoms with Gasteiger partial charge in [0.1, 0.15) is 13.1 Å². The molecule has 1 rings (SSSR count). The van der Waals surface area contributed by atoms with Crippen molar-refractivity contribution in [1.29, 1.82) is 0 Å². The van der Waals surface area contributed by atoms with Crippen LogP contribution in [-0.2, 0) is 14.8 Å². The Labute approximate surface area is 176 Å². The van der Waals surface area contributed by atoms with E-state index in [1.807, 2.05) is 26.1 Å². The molecule has 0 saturated heterocycles. The quantitative estimate of drug-likeness (QED) is 0.417. The monoisotopic (exact) mass is 428 g/mol. The SMILES string of the molecule is CCN(CC)S(=O)(=O)c1ccc(C)c(NC(=O)C[NH2+]CC[NH+](C(C)C)C(C)C)c1. The minimum atomic E-state index is -3.55. The first-order chi connectivity index (χ1) is 13.5. The summed E-state index contributed by atoms with van der Waals surface area (Å²) in [7, 11) is -3.55. The van der Waals surface area contributed by atoms with Crippen LogP contribution in [0.1, 0.15) is 47.1 Å². The molecule has 0 spiro atoms. The molecule has 0 aliphatic heterocycles. The molecule has 166 valence electrons. The Morgan fingerprint density at radius 2 is 1.72 bits per heavy atom. The molecule has 0 bridgehead atoms. The summed E-state index contributed by atoms with van der Waals surface area (Å²) >= 11 is 0. The molecular weight excluding hydrogens is 388 g/mol. The molecule has 8 heteroatoms. The average molecular weight is 429 g/mol. The van der Waals surface area contributed by atoms with Crippen molar-refractivity contribution in [2.45, 2.75) is 65.4 Å². The number of quaternary nitrogens is 2. The number of hydrogen-bond acceptors (Lipinski definition) is 3. The van der Waals surface area contributed by atoms with Gasteiger partial charge in [-0.05, 0) is 52.3 Å². The second-order valence-electron chi connectivity index (χ2n) is 8.03. The van der Waals surface area contributed by atoms with Crippen molar-refractivity contribution < 1.29 is 23.4 Å². The Balaban J connectivity index is 2.73. The molecule has 0 saturated carbocycles. The van der Waals surface area contributed by atoms with Crippen molar-refractivity contribution in [3.63, 3.8) is 0 Å². The highest BCUT2D eigenvalue weighted by atomic mass is 32.2. The fraction of sp³-hybridized carbons (Fsp3) is 0.667. The van der Waals surface area contributed by atoms with E-state index >= 15 is 0 Å². The fourth-order valence-electron chi connectivity index (χ4n) is 3.56. The third kappa shape index (κ3) is 7.37. The fourth-order valence-corrected chi connectivity index (χ4v) is 5.04. The molecule has 0 aliphatic rings. The third-order valence-corrected chi connectivity index (χ3v) is 7.32. The summed E-state index contributed by atoms with van der Waals surface area (Å²) in [6, 6.07) is 6.00. The van der Waals surface area contributed by atoms with Crippen molar-refractivity contribution in [3.05, 3.63) is 23.8 Å². The Bertz CT molecular complexity index is 751. The van der Waals surface area contributed by atoms with E-state index in [9.17, 15) is 13.2 Å². The number of nitrogens with one attached hydrogen (secondary N) is 2. The lowest BCUT2D eigenvalue weighted by Gasteiger charge is -2.26. The molecular formula is C21H40N4O3S+2. The van der Waals surface area contributed by atoms with E-state index in [1.165, 1.54) is 9.21 Å². The highest BCUT2D eigenvalue weighted by Crippen LogP contribution is 2.22. The molecule has 0 fully saturated rings. The van der Waals surface area contributed by atoms with Crippen LogP contribution in [0.5, 0.6) is 0 Å². The van der Waals surface area contributed by atoms with Gasteiger partial charge in [0.25, 0.3) is 5.91 Å². The topological polar surface area (TPSA) is 87.5 Å². The molecule has 1 aromatic carbocycles. The normalized spacial score (nSPS) is 12.4. The van der Waals surface area contributed by atoms with E-state index < -0.39 is 10.0 Å². The van der Waals surface area contributed by atoms with Crippen LogP contribution in [0.25, 0.3) is 0 Å². The van der Waals surface area contributed by atoms with Crippen LogP contribution in [0.2, 0.25) is 0 Å². The van der Waals surface area contributed by atoms with Crippen LogP contribution in [0.4, 0.5) is 5.69 Å². The summed E-state index contributed by atoms with van der Waals surface area (Å²) in [5.41, 5.74) is 1.39. The first-order valence-electron chi connectivity index (χ1n) is 10.6. The van der Waals surface area contributed by atoms with Gasteiger partial charge in [-0.25, -0.2) is 8.42 Å². The van der Waals surface area contributed by atoms with Gasteiger partial charge in [-0.1, -0.05) is 19.9 Å². The molecule has 7 nitrogen and oxygen atoms in total. The molecule has 0 radical (unpaired) electrons. The van der Waals surface area contributed by atoms with Crippen LogP contribution in [0.3, 0.4) is 0 Å². The van der Waals surface area contributed by atoms with Gasteiger partial charge in [-0.2, -0.15) is 4.31 Å². The maximum atomic E-state index is 12.7. The highest BCUT2D eigenvalue weighted by Gasteiger charge is 2.23. The van der Waals surface area contributed by atoms with Gasteiger partial charge in [-0.3, -0.25) is 4.79 Å². The number of nitrogens with two attached hydrogens (primary N) is 1. The molecule has 0 atom stereocenters. The summed E-state index contributed by atoms with van der Waals surface area (Å²) in [4.78, 5) is 14.1. The lowest BCUT2D eigenvalue weighted by molar-refractivity contribution is -0.951. The Morgan fingerprint density at radius 3 is 2.24 bits per heavy atom. The van der Waals surface area contributed by atoms with Crippen LogP contribution >= 0.6 is 0 Å². The van der Waals surface area contributed by atoms with Crippen molar-refractivity contribution in [3.8, 4) is 0 Å². The highest BCUT2D eigenvalue weighted by molar-refractivity contribution is 7.89. The summed E-state index contributed by atoms with van der Waals surface area (Å²) in [5, 5.41) is 4.88. The van der Waals surface area contributed by atoms with E-state index in [4.69, 9.17) is 0 Å². The summed E-state index contributed by atoms with van der Waals surface area (Å²) in [6.45, 7) is 17.3. The van der Waals surface area contributed by atoms with Crippen molar-refractivity contribution in [1.82, 2.24) is 4.31 Å². The van der Waals surface area contributed by atoms with Crippen molar-refractivity contribution in [2.75, 3.05) is 38.0 Å². The van der Waals surface area contributed by atoms with Gasteiger partial charge < -0.3 is 15.5 Å². The maximum Gasteiger partial charge on any atom is 0.279 e. The third-order valence-electron chi connectivity index (χ3n) is 5.28. The predicted octanol–water partition coefficient (Wildman–Crippen LogP) is 0.229. The van der Waals surface area contributed by atoms with Gasteiger partial charge >= 0.3 is 0 Å². The van der Waals surface area contributed by atoms with Gasteiger partial charge in [-0.15, -0.1) is 0 Å². The van der Waals surface area contributed by atoms with Gasteiger partial charge in [0, 0.05) is 18.8 Å². The second kappa shape index (κ2) is 11.6. The predicted molar refractivity (Wildman–Crippen MR) is 118 cm³/mol. The number of sulfonamides is 1. The van der Waals surface area contributed by atoms with Crippen molar-refractivity contribution >= 4 is 21.6 Å². The zero-order chi connectivity index (χ0) is 22.2. The van der Waals surface area contributed by atoms with Gasteiger partial charge in [0.05, 0.1) is 17.0 Å². The number of nitrogens with zero attached hydrogens (tertiary/aromatic N) is 1. The molecule has 0 aromatic heterocycles. The lowest BCUT2D eigenvalue weighted by atomic mass is 10.2. The van der Waals surface area contributed by atoms with Gasteiger partial charge in [0.15, 0.2) is 6.54 Å². The summed E-state index contributed by atoms with van der Waals surface area (Å²) < 4.78 is 26.9. The lowest BCUT2D eigenvalue weighted by Crippen LogP contribution is -3.19. The smallest absolute Gasteiger partial charge is 0.279 e. The Kier molecular flexibility index (Phi) is 10.3. The standard InChI is InChI=1S/C21H38N4O3S/c1-8-24(9-2)29(27,28)19-11-10-18(7)20(14-19)23-21(26)15-22-12-13-25(16(3)4)17(5)6/h10-11,14,16-17,22H,8-9,12-13,15H2,1-7H3,(H,23,26)/p+2. The minimum absolute atomic E-state index is 0.124. The molecule has 29 heavy (non-hydrogen) atoms. The Hall–Kier alpha value is -1.48. The molecule has 0 unspecified atom stereocenters. The minimum Gasteiger partial charge on any atom is -0.334 e. The summed E-state index contributed by atoms with van der Waals surface area (Å²) in [6.07, 6.45) is 0. The zero-order valence-corrected chi connectivity index (χ0v) is 19.9. The number of amides is 1. The molecule has 4 N–H and O–H groups in total. The number of rotatable bonds is 12. The molecule has 1 aromatic rings.